The lowest BCUT2D eigenvalue weighted by Gasteiger charge is -2.24. The van der Waals surface area contributed by atoms with Crippen molar-refractivity contribution in [2.24, 2.45) is 0 Å². The van der Waals surface area contributed by atoms with E-state index in [2.05, 4.69) is 7.94 Å². The van der Waals surface area contributed by atoms with Gasteiger partial charge < -0.3 is 18.8 Å². The van der Waals surface area contributed by atoms with E-state index in [4.69, 9.17) is 9.05 Å². The molecular weight excluding hydrogens is 370 g/mol. The Kier molecular flexibility index (Phi) is 9.46. The predicted molar refractivity (Wildman–Crippen MR) is 87.1 cm³/mol. The molecule has 0 saturated heterocycles. The highest BCUT2D eigenvalue weighted by atomic mass is 32.2. The number of likely N-dealkylation sites (N-methyl/N-ethyl adjacent to an activating group) is 2. The fourth-order valence-electron chi connectivity index (χ4n) is 0.994. The van der Waals surface area contributed by atoms with Gasteiger partial charge in [0.15, 0.2) is 12.3 Å². The van der Waals surface area contributed by atoms with Gasteiger partial charge in [-0.2, -0.15) is 7.94 Å². The molecule has 0 aromatic rings. The Morgan fingerprint density at radius 1 is 0.783 bits per heavy atom. The van der Waals surface area contributed by atoms with Gasteiger partial charge in [-0.1, -0.05) is 0 Å². The van der Waals surface area contributed by atoms with E-state index in [1.807, 2.05) is 42.3 Å². The molecule has 10 nitrogen and oxygen atoms in total. The summed E-state index contributed by atoms with van der Waals surface area (Å²) < 4.78 is 42.3. The Labute approximate surface area is 142 Å². The number of phosphoric acid groups is 2. The van der Waals surface area contributed by atoms with Crippen LogP contribution in [0.2, 0.25) is 0 Å². The van der Waals surface area contributed by atoms with E-state index in [0.29, 0.717) is 22.1 Å². The molecule has 13 heteroatoms. The van der Waals surface area contributed by atoms with Crippen molar-refractivity contribution in [3.05, 3.63) is 0 Å². The average Bonchev–Trinajstić information content (AvgIpc) is 2.23. The van der Waals surface area contributed by atoms with Crippen molar-refractivity contribution in [3.63, 3.8) is 0 Å². The first-order chi connectivity index (χ1) is 10.1. The second kappa shape index (κ2) is 9.26. The standard InChI is InChI=1S/C10H26N2O8P2S/c1-11(2,3)7-9-17-21(13,14)19-23-20-22(15,16)18-10-8-12(4,5)6/h7-10H2,1-6H3/p+2. The molecule has 0 aliphatic heterocycles. The van der Waals surface area contributed by atoms with Gasteiger partial charge >= 0.3 is 15.6 Å². The first-order valence-corrected chi connectivity index (χ1v) is 10.4. The third-order valence-electron chi connectivity index (χ3n) is 2.28. The number of quaternary nitrogens is 2. The highest BCUT2D eigenvalue weighted by molar-refractivity contribution is 7.96. The van der Waals surface area contributed by atoms with Crippen molar-refractivity contribution in [2.45, 2.75) is 0 Å². The monoisotopic (exact) mass is 398 g/mol. The summed E-state index contributed by atoms with van der Waals surface area (Å²) in [5.74, 6) is 0. The molecule has 0 rings (SSSR count). The Balaban J connectivity index is 4.06. The lowest BCUT2D eigenvalue weighted by atomic mass is 10.5. The van der Waals surface area contributed by atoms with Crippen LogP contribution in [-0.4, -0.2) is 87.3 Å². The maximum absolute atomic E-state index is 11.5. The molecule has 0 fully saturated rings. The zero-order valence-electron chi connectivity index (χ0n) is 14.4. The maximum Gasteiger partial charge on any atom is 0.485 e. The van der Waals surface area contributed by atoms with Crippen molar-refractivity contribution < 1.29 is 44.9 Å². The molecule has 0 bridgehead atoms. The minimum Gasteiger partial charge on any atom is -0.329 e. The molecule has 0 amide bonds. The smallest absolute Gasteiger partial charge is 0.329 e. The minimum absolute atomic E-state index is 0.0192. The SMILES string of the molecule is C[N+](C)(C)CCOP(=O)(O)OSOP(=O)(O)OCC[N+](C)(C)C. The van der Waals surface area contributed by atoms with Crippen molar-refractivity contribution in [1.82, 2.24) is 0 Å². The number of hydrogen-bond donors (Lipinski definition) is 2. The van der Waals surface area contributed by atoms with E-state index >= 15 is 0 Å². The topological polar surface area (TPSA) is 112 Å². The highest BCUT2D eigenvalue weighted by Gasteiger charge is 2.29. The zero-order valence-corrected chi connectivity index (χ0v) is 17.0. The number of hydrogen-bond acceptors (Lipinski definition) is 7. The highest BCUT2D eigenvalue weighted by Crippen LogP contribution is 2.53. The predicted octanol–water partition coefficient (Wildman–Crippen LogP) is 1.23. The van der Waals surface area contributed by atoms with E-state index < -0.39 is 15.6 Å². The van der Waals surface area contributed by atoms with Gasteiger partial charge in [0.25, 0.3) is 0 Å². The van der Waals surface area contributed by atoms with Crippen LogP contribution in [0.4, 0.5) is 0 Å². The Bertz CT molecular complexity index is 411. The number of rotatable bonds is 12. The third kappa shape index (κ3) is 15.7. The van der Waals surface area contributed by atoms with E-state index in [-0.39, 0.29) is 25.5 Å². The fraction of sp³-hybridized carbons (Fsp3) is 1.00. The molecule has 0 aliphatic carbocycles. The van der Waals surface area contributed by atoms with Gasteiger partial charge in [0.1, 0.15) is 26.3 Å². The van der Waals surface area contributed by atoms with E-state index in [1.165, 1.54) is 0 Å². The van der Waals surface area contributed by atoms with Crippen LogP contribution >= 0.6 is 28.0 Å². The van der Waals surface area contributed by atoms with Gasteiger partial charge in [-0.05, 0) is 0 Å². The van der Waals surface area contributed by atoms with Gasteiger partial charge in [-0.25, -0.2) is 9.13 Å². The van der Waals surface area contributed by atoms with Crippen molar-refractivity contribution in [1.29, 1.82) is 0 Å². The molecule has 0 saturated carbocycles. The van der Waals surface area contributed by atoms with Crippen LogP contribution in [0, 0.1) is 0 Å². The quantitative estimate of drug-likeness (QED) is 0.285. The van der Waals surface area contributed by atoms with Crippen LogP contribution in [-0.2, 0) is 26.1 Å². The van der Waals surface area contributed by atoms with Crippen molar-refractivity contribution in [3.8, 4) is 0 Å². The van der Waals surface area contributed by atoms with Crippen molar-refractivity contribution >= 4 is 28.0 Å². The molecule has 0 aliphatic rings. The van der Waals surface area contributed by atoms with E-state index in [1.54, 1.807) is 0 Å². The molecule has 0 aromatic carbocycles. The number of nitrogens with zero attached hydrogens (tertiary/aromatic N) is 2. The minimum atomic E-state index is -4.38. The van der Waals surface area contributed by atoms with Crippen LogP contribution in [0.25, 0.3) is 0 Å². The molecule has 0 radical (unpaired) electrons. The normalized spacial score (nSPS) is 18.4. The average molecular weight is 398 g/mol. The molecule has 0 spiro atoms. The van der Waals surface area contributed by atoms with Crippen LogP contribution in [0.15, 0.2) is 0 Å². The molecule has 2 unspecified atom stereocenters. The van der Waals surface area contributed by atoms with Gasteiger partial charge in [0.2, 0.25) is 0 Å². The van der Waals surface area contributed by atoms with Crippen LogP contribution in [0.3, 0.4) is 0 Å². The summed E-state index contributed by atoms with van der Waals surface area (Å²) >= 11 is -0.103. The molecule has 140 valence electrons. The zero-order chi connectivity index (χ0) is 18.4. The van der Waals surface area contributed by atoms with Gasteiger partial charge in [0.05, 0.1) is 42.3 Å². The lowest BCUT2D eigenvalue weighted by molar-refractivity contribution is -0.870. The first-order valence-electron chi connectivity index (χ1n) is 6.72. The summed E-state index contributed by atoms with van der Waals surface area (Å²) in [6, 6.07) is 0. The van der Waals surface area contributed by atoms with Crippen LogP contribution in [0.1, 0.15) is 0 Å². The molecule has 2 N–H and O–H groups in total. The second-order valence-electron chi connectivity index (χ2n) is 6.85. The van der Waals surface area contributed by atoms with Gasteiger partial charge in [0, 0.05) is 0 Å². The molecule has 2 atom stereocenters. The van der Waals surface area contributed by atoms with Crippen LogP contribution in [0.5, 0.6) is 0 Å². The Morgan fingerprint density at radius 3 is 1.35 bits per heavy atom. The lowest BCUT2D eigenvalue weighted by Crippen LogP contribution is -2.37. The van der Waals surface area contributed by atoms with Crippen LogP contribution < -0.4 is 0 Å². The number of phosphoric ester groups is 2. The second-order valence-corrected chi connectivity index (χ2v) is 10.6. The summed E-state index contributed by atoms with van der Waals surface area (Å²) in [7, 11) is 2.57. The largest absolute Gasteiger partial charge is 0.485 e. The summed E-state index contributed by atoms with van der Waals surface area (Å²) in [6.07, 6.45) is 0. The summed E-state index contributed by atoms with van der Waals surface area (Å²) in [6.45, 7) is 0.918. The van der Waals surface area contributed by atoms with E-state index in [9.17, 15) is 18.9 Å². The van der Waals surface area contributed by atoms with Gasteiger partial charge in [-0.15, -0.1) is 0 Å². The summed E-state index contributed by atoms with van der Waals surface area (Å²) in [4.78, 5) is 18.8. The maximum atomic E-state index is 11.5. The molecular formula is C10H28N2O8P2S+2. The molecule has 0 heterocycles. The Hall–Kier alpha value is 0.490. The summed E-state index contributed by atoms with van der Waals surface area (Å²) in [5.41, 5.74) is 0. The molecule has 23 heavy (non-hydrogen) atoms. The third-order valence-corrected chi connectivity index (χ3v) is 5.29. The summed E-state index contributed by atoms with van der Waals surface area (Å²) in [5, 5.41) is 0. The van der Waals surface area contributed by atoms with E-state index in [0.717, 1.165) is 0 Å². The fourth-order valence-corrected chi connectivity index (χ4v) is 2.93. The van der Waals surface area contributed by atoms with Crippen molar-refractivity contribution in [2.75, 3.05) is 68.6 Å². The molecule has 0 aromatic heterocycles. The Morgan fingerprint density at radius 2 is 1.09 bits per heavy atom. The van der Waals surface area contributed by atoms with Gasteiger partial charge in [-0.3, -0.25) is 9.05 Å². The first kappa shape index (κ1) is 23.5.